The Morgan fingerprint density at radius 1 is 1.00 bits per heavy atom. The van der Waals surface area contributed by atoms with E-state index in [1.807, 2.05) is 48.5 Å². The summed E-state index contributed by atoms with van der Waals surface area (Å²) in [6, 6.07) is 17.3. The summed E-state index contributed by atoms with van der Waals surface area (Å²) in [5.74, 6) is -0.199. The second kappa shape index (κ2) is 11.4. The molecule has 0 radical (unpaired) electrons. The standard InChI is InChI=1S/C27H38N4O2/c1-19(2)30(20(3)4)18-16-29-26(32)25-23-14-10-9-11-21(23)15-17-31(25)27(33)24(28-5)22-12-7-6-8-13-22/h6-14,19-20,24-25,28H,15-18H2,1-5H3,(H,29,32). The summed E-state index contributed by atoms with van der Waals surface area (Å²) in [7, 11) is 1.79. The third-order valence-corrected chi connectivity index (χ3v) is 6.48. The van der Waals surface area contributed by atoms with E-state index in [4.69, 9.17) is 0 Å². The SMILES string of the molecule is CNC(C(=O)N1CCc2ccccc2C1C(=O)NCCN(C(C)C)C(C)C)c1ccccc1. The lowest BCUT2D eigenvalue weighted by atomic mass is 9.91. The van der Waals surface area contributed by atoms with E-state index in [-0.39, 0.29) is 11.8 Å². The first-order valence-electron chi connectivity index (χ1n) is 12.0. The van der Waals surface area contributed by atoms with Crippen molar-refractivity contribution >= 4 is 11.8 Å². The van der Waals surface area contributed by atoms with Gasteiger partial charge in [-0.05, 0) is 57.9 Å². The van der Waals surface area contributed by atoms with Gasteiger partial charge in [0, 0.05) is 31.7 Å². The number of amides is 2. The Morgan fingerprint density at radius 2 is 1.64 bits per heavy atom. The number of hydrogen-bond acceptors (Lipinski definition) is 4. The van der Waals surface area contributed by atoms with Crippen LogP contribution in [0.1, 0.15) is 56.5 Å². The van der Waals surface area contributed by atoms with E-state index in [0.29, 0.717) is 25.2 Å². The summed E-state index contributed by atoms with van der Waals surface area (Å²) in [5, 5.41) is 6.27. The monoisotopic (exact) mass is 450 g/mol. The third-order valence-electron chi connectivity index (χ3n) is 6.48. The molecule has 3 rings (SSSR count). The number of nitrogens with one attached hydrogen (secondary N) is 2. The van der Waals surface area contributed by atoms with E-state index in [9.17, 15) is 9.59 Å². The molecular formula is C27H38N4O2. The fourth-order valence-electron chi connectivity index (χ4n) is 4.85. The first-order valence-corrected chi connectivity index (χ1v) is 12.0. The van der Waals surface area contributed by atoms with Crippen molar-refractivity contribution in [3.63, 3.8) is 0 Å². The second-order valence-corrected chi connectivity index (χ2v) is 9.23. The van der Waals surface area contributed by atoms with Gasteiger partial charge in [-0.15, -0.1) is 0 Å². The van der Waals surface area contributed by atoms with E-state index in [1.54, 1.807) is 11.9 Å². The van der Waals surface area contributed by atoms with Gasteiger partial charge in [-0.3, -0.25) is 14.5 Å². The van der Waals surface area contributed by atoms with Gasteiger partial charge in [-0.2, -0.15) is 0 Å². The number of hydrogen-bond donors (Lipinski definition) is 2. The van der Waals surface area contributed by atoms with Gasteiger partial charge in [-0.1, -0.05) is 54.6 Å². The summed E-state index contributed by atoms with van der Waals surface area (Å²) in [5.41, 5.74) is 2.95. The zero-order valence-electron chi connectivity index (χ0n) is 20.5. The largest absolute Gasteiger partial charge is 0.353 e. The number of nitrogens with zero attached hydrogens (tertiary/aromatic N) is 2. The average Bonchev–Trinajstić information content (AvgIpc) is 2.81. The van der Waals surface area contributed by atoms with Gasteiger partial charge >= 0.3 is 0 Å². The fourth-order valence-corrected chi connectivity index (χ4v) is 4.85. The maximum absolute atomic E-state index is 13.7. The number of benzene rings is 2. The first kappa shape index (κ1) is 24.9. The van der Waals surface area contributed by atoms with Gasteiger partial charge in [0.15, 0.2) is 0 Å². The molecule has 6 heteroatoms. The molecule has 178 valence electrons. The van der Waals surface area contributed by atoms with Gasteiger partial charge in [0.25, 0.3) is 0 Å². The van der Waals surface area contributed by atoms with Crippen LogP contribution in [0.5, 0.6) is 0 Å². The van der Waals surface area contributed by atoms with E-state index in [1.165, 1.54) is 0 Å². The molecule has 1 heterocycles. The highest BCUT2D eigenvalue weighted by Crippen LogP contribution is 2.32. The summed E-state index contributed by atoms with van der Waals surface area (Å²) in [6.45, 7) is 10.5. The van der Waals surface area contributed by atoms with Crippen LogP contribution in [-0.2, 0) is 16.0 Å². The second-order valence-electron chi connectivity index (χ2n) is 9.23. The first-order chi connectivity index (χ1) is 15.8. The minimum absolute atomic E-state index is 0.0793. The Kier molecular flexibility index (Phi) is 8.64. The van der Waals surface area contributed by atoms with Gasteiger partial charge < -0.3 is 15.5 Å². The Balaban J connectivity index is 1.83. The molecule has 2 aromatic rings. The van der Waals surface area contributed by atoms with Crippen LogP contribution in [0.3, 0.4) is 0 Å². The zero-order valence-corrected chi connectivity index (χ0v) is 20.5. The maximum Gasteiger partial charge on any atom is 0.247 e. The lowest BCUT2D eigenvalue weighted by Gasteiger charge is -2.38. The highest BCUT2D eigenvalue weighted by atomic mass is 16.2. The van der Waals surface area contributed by atoms with Crippen molar-refractivity contribution in [2.45, 2.75) is 58.3 Å². The van der Waals surface area contributed by atoms with E-state index >= 15 is 0 Å². The minimum atomic E-state index is -0.631. The Labute approximate surface area is 198 Å². The molecule has 33 heavy (non-hydrogen) atoms. The Morgan fingerprint density at radius 3 is 2.27 bits per heavy atom. The quantitative estimate of drug-likeness (QED) is 0.615. The molecule has 1 aliphatic rings. The lowest BCUT2D eigenvalue weighted by Crippen LogP contribution is -2.51. The molecule has 0 saturated heterocycles. The molecule has 6 nitrogen and oxygen atoms in total. The van der Waals surface area contributed by atoms with Crippen LogP contribution in [0, 0.1) is 0 Å². The van der Waals surface area contributed by atoms with Crippen LogP contribution in [-0.4, -0.2) is 60.4 Å². The molecule has 0 spiro atoms. The van der Waals surface area contributed by atoms with Crippen LogP contribution in [0.2, 0.25) is 0 Å². The molecule has 2 N–H and O–H groups in total. The van der Waals surface area contributed by atoms with E-state index in [2.05, 4.69) is 49.3 Å². The number of fused-ring (bicyclic) bond motifs is 1. The molecular weight excluding hydrogens is 412 g/mol. The maximum atomic E-state index is 13.7. The van der Waals surface area contributed by atoms with Crippen molar-refractivity contribution < 1.29 is 9.59 Å². The third kappa shape index (κ3) is 5.81. The molecule has 2 atom stereocenters. The fraction of sp³-hybridized carbons (Fsp3) is 0.481. The van der Waals surface area contributed by atoms with Crippen molar-refractivity contribution in [1.82, 2.24) is 20.4 Å². The van der Waals surface area contributed by atoms with Crippen molar-refractivity contribution in [3.8, 4) is 0 Å². The van der Waals surface area contributed by atoms with Gasteiger partial charge in [-0.25, -0.2) is 0 Å². The van der Waals surface area contributed by atoms with Crippen molar-refractivity contribution in [2.75, 3.05) is 26.7 Å². The van der Waals surface area contributed by atoms with Gasteiger partial charge in [0.1, 0.15) is 12.1 Å². The number of rotatable bonds is 9. The average molecular weight is 451 g/mol. The van der Waals surface area contributed by atoms with Crippen LogP contribution < -0.4 is 10.6 Å². The lowest BCUT2D eigenvalue weighted by molar-refractivity contribution is -0.143. The molecule has 0 saturated carbocycles. The smallest absolute Gasteiger partial charge is 0.247 e. The Bertz CT molecular complexity index is 921. The molecule has 0 aromatic heterocycles. The molecule has 2 unspecified atom stereocenters. The molecule has 0 bridgehead atoms. The molecule has 2 amide bonds. The predicted molar refractivity (Wildman–Crippen MR) is 133 cm³/mol. The van der Waals surface area contributed by atoms with Gasteiger partial charge in [0.2, 0.25) is 11.8 Å². The van der Waals surface area contributed by atoms with Crippen LogP contribution in [0.25, 0.3) is 0 Å². The van der Waals surface area contributed by atoms with Crippen molar-refractivity contribution in [3.05, 3.63) is 71.3 Å². The number of carbonyl (C=O) groups excluding carboxylic acids is 2. The summed E-state index contributed by atoms with van der Waals surface area (Å²) in [4.78, 5) is 31.3. The number of carbonyl (C=O) groups is 2. The zero-order chi connectivity index (χ0) is 24.0. The predicted octanol–water partition coefficient (Wildman–Crippen LogP) is 3.31. The molecule has 0 aliphatic carbocycles. The van der Waals surface area contributed by atoms with Crippen LogP contribution in [0.4, 0.5) is 0 Å². The van der Waals surface area contributed by atoms with Crippen LogP contribution >= 0.6 is 0 Å². The highest BCUT2D eigenvalue weighted by Gasteiger charge is 2.38. The summed E-state index contributed by atoms with van der Waals surface area (Å²) < 4.78 is 0. The van der Waals surface area contributed by atoms with E-state index in [0.717, 1.165) is 29.7 Å². The number of likely N-dealkylation sites (N-methyl/N-ethyl adjacent to an activating group) is 1. The topological polar surface area (TPSA) is 64.7 Å². The van der Waals surface area contributed by atoms with Crippen molar-refractivity contribution in [2.24, 2.45) is 0 Å². The highest BCUT2D eigenvalue weighted by molar-refractivity contribution is 5.92. The molecule has 0 fully saturated rings. The van der Waals surface area contributed by atoms with Crippen LogP contribution in [0.15, 0.2) is 54.6 Å². The van der Waals surface area contributed by atoms with E-state index < -0.39 is 12.1 Å². The summed E-state index contributed by atoms with van der Waals surface area (Å²) >= 11 is 0. The minimum Gasteiger partial charge on any atom is -0.353 e. The Hall–Kier alpha value is -2.70. The molecule has 2 aromatic carbocycles. The van der Waals surface area contributed by atoms with Crippen molar-refractivity contribution in [1.29, 1.82) is 0 Å². The summed E-state index contributed by atoms with van der Waals surface area (Å²) in [6.07, 6.45) is 0.741. The van der Waals surface area contributed by atoms with Gasteiger partial charge in [0.05, 0.1) is 0 Å². The normalized spacial score (nSPS) is 16.7. The molecule has 1 aliphatic heterocycles.